The molecule has 3 aromatic carbocycles. The molecule has 0 aliphatic rings. The van der Waals surface area contributed by atoms with Gasteiger partial charge in [0.15, 0.2) is 16.6 Å². The van der Waals surface area contributed by atoms with Gasteiger partial charge in [0.25, 0.3) is 5.91 Å². The second-order valence-corrected chi connectivity index (χ2v) is 8.79. The molecule has 0 saturated heterocycles. The van der Waals surface area contributed by atoms with Crippen LogP contribution in [0.25, 0.3) is 11.1 Å². The molecule has 4 rings (SSSR count). The summed E-state index contributed by atoms with van der Waals surface area (Å²) in [6.07, 6.45) is 0.552. The number of nitrogens with zero attached hydrogens (tertiary/aromatic N) is 1. The molecule has 0 atom stereocenters. The van der Waals surface area contributed by atoms with E-state index < -0.39 is 5.91 Å². The van der Waals surface area contributed by atoms with Crippen LogP contribution in [-0.4, -0.2) is 16.0 Å². The number of oxazole rings is 1. The monoisotopic (exact) mass is 533 g/mol. The van der Waals surface area contributed by atoms with Gasteiger partial charge in [0, 0.05) is 21.6 Å². The van der Waals surface area contributed by atoms with Crippen molar-refractivity contribution >= 4 is 79.2 Å². The minimum absolute atomic E-state index is 0.144. The second kappa shape index (κ2) is 9.36. The fourth-order valence-corrected chi connectivity index (χ4v) is 3.81. The van der Waals surface area contributed by atoms with Gasteiger partial charge < -0.3 is 9.73 Å². The molecular weight excluding hydrogens is 521 g/mol. The number of fused-ring (bicyclic) bond motifs is 1. The average Bonchev–Trinajstić information content (AvgIpc) is 3.13. The van der Waals surface area contributed by atoms with E-state index >= 15 is 0 Å². The third-order valence-corrected chi connectivity index (χ3v) is 5.64. The standard InChI is InChI=1S/C22H14BrCl2N3O2S/c23-13-3-7-17(25)16(10-13)21(29)28-22(31)26-15-6-8-19-18(11-15)27-20(30-19)9-12-1-4-14(24)5-2-12/h1-8,10-11H,9H2,(H2,26,28,29,31). The smallest absolute Gasteiger partial charge is 0.258 e. The zero-order valence-corrected chi connectivity index (χ0v) is 19.7. The maximum Gasteiger partial charge on any atom is 0.258 e. The summed E-state index contributed by atoms with van der Waals surface area (Å²) in [5, 5.41) is 6.77. The molecule has 156 valence electrons. The number of aromatic nitrogens is 1. The fraction of sp³-hybridized carbons (Fsp3) is 0.0455. The van der Waals surface area contributed by atoms with Crippen LogP contribution in [0.5, 0.6) is 0 Å². The van der Waals surface area contributed by atoms with E-state index in [0.29, 0.717) is 44.7 Å². The zero-order valence-electron chi connectivity index (χ0n) is 15.8. The van der Waals surface area contributed by atoms with E-state index in [0.717, 1.165) is 10.0 Å². The van der Waals surface area contributed by atoms with E-state index in [4.69, 9.17) is 39.8 Å². The summed E-state index contributed by atoms with van der Waals surface area (Å²) in [7, 11) is 0. The molecule has 0 saturated carbocycles. The highest BCUT2D eigenvalue weighted by Crippen LogP contribution is 2.23. The number of halogens is 3. The molecule has 5 nitrogen and oxygen atoms in total. The second-order valence-electron chi connectivity index (χ2n) is 6.63. The fourth-order valence-electron chi connectivity index (χ4n) is 2.91. The van der Waals surface area contributed by atoms with Crippen molar-refractivity contribution < 1.29 is 9.21 Å². The van der Waals surface area contributed by atoms with E-state index in [-0.39, 0.29) is 5.11 Å². The first-order valence-corrected chi connectivity index (χ1v) is 11.0. The lowest BCUT2D eigenvalue weighted by Crippen LogP contribution is -2.34. The maximum atomic E-state index is 12.4. The van der Waals surface area contributed by atoms with Crippen molar-refractivity contribution in [2.24, 2.45) is 0 Å². The van der Waals surface area contributed by atoms with Crippen LogP contribution in [0.1, 0.15) is 21.8 Å². The third kappa shape index (κ3) is 5.43. The average molecular weight is 535 g/mol. The lowest BCUT2D eigenvalue weighted by molar-refractivity contribution is 0.0978. The van der Waals surface area contributed by atoms with Crippen molar-refractivity contribution in [1.29, 1.82) is 0 Å². The van der Waals surface area contributed by atoms with Crippen LogP contribution in [0.4, 0.5) is 5.69 Å². The highest BCUT2D eigenvalue weighted by atomic mass is 79.9. The van der Waals surface area contributed by atoms with Gasteiger partial charge >= 0.3 is 0 Å². The number of carbonyl (C=O) groups is 1. The van der Waals surface area contributed by atoms with Crippen LogP contribution in [0.15, 0.2) is 69.6 Å². The third-order valence-electron chi connectivity index (χ3n) is 4.36. The Morgan fingerprint density at radius 1 is 1.06 bits per heavy atom. The van der Waals surface area contributed by atoms with Crippen LogP contribution in [0, 0.1) is 0 Å². The lowest BCUT2D eigenvalue weighted by Gasteiger charge is -2.10. The number of thiocarbonyl (C=S) groups is 1. The minimum Gasteiger partial charge on any atom is -0.440 e. The number of anilines is 1. The molecule has 1 aromatic heterocycles. The molecule has 9 heteroatoms. The lowest BCUT2D eigenvalue weighted by atomic mass is 10.1. The number of hydrogen-bond acceptors (Lipinski definition) is 4. The molecule has 0 spiro atoms. The Labute approximate surface area is 201 Å². The Balaban J connectivity index is 1.44. The van der Waals surface area contributed by atoms with Crippen LogP contribution < -0.4 is 10.6 Å². The van der Waals surface area contributed by atoms with Gasteiger partial charge in [-0.1, -0.05) is 51.3 Å². The minimum atomic E-state index is -0.406. The van der Waals surface area contributed by atoms with Crippen molar-refractivity contribution in [1.82, 2.24) is 10.3 Å². The molecule has 0 aliphatic heterocycles. The molecule has 31 heavy (non-hydrogen) atoms. The largest absolute Gasteiger partial charge is 0.440 e. The van der Waals surface area contributed by atoms with E-state index in [2.05, 4.69) is 31.5 Å². The highest BCUT2D eigenvalue weighted by Gasteiger charge is 2.13. The number of hydrogen-bond donors (Lipinski definition) is 2. The molecule has 0 unspecified atom stereocenters. The first kappa shape index (κ1) is 21.8. The van der Waals surface area contributed by atoms with E-state index in [9.17, 15) is 4.79 Å². The summed E-state index contributed by atoms with van der Waals surface area (Å²) >= 11 is 20.6. The van der Waals surface area contributed by atoms with Gasteiger partial charge in [-0.15, -0.1) is 0 Å². The van der Waals surface area contributed by atoms with Gasteiger partial charge in [0.05, 0.1) is 10.6 Å². The van der Waals surface area contributed by atoms with Crippen LogP contribution in [0.3, 0.4) is 0 Å². The molecule has 0 bridgehead atoms. The van der Waals surface area contributed by atoms with Gasteiger partial charge in [-0.05, 0) is 66.3 Å². The summed E-state index contributed by atoms with van der Waals surface area (Å²) < 4.78 is 6.56. The topological polar surface area (TPSA) is 67.2 Å². The molecule has 0 fully saturated rings. The summed E-state index contributed by atoms with van der Waals surface area (Å²) in [5.74, 6) is 0.186. The Morgan fingerprint density at radius 2 is 1.84 bits per heavy atom. The molecular formula is C22H14BrCl2N3O2S. The number of amides is 1. The normalized spacial score (nSPS) is 10.8. The number of benzene rings is 3. The SMILES string of the molecule is O=C(NC(=S)Nc1ccc2oc(Cc3ccc(Cl)cc3)nc2c1)c1cc(Br)ccc1Cl. The van der Waals surface area contributed by atoms with Crippen molar-refractivity contribution in [3.63, 3.8) is 0 Å². The highest BCUT2D eigenvalue weighted by molar-refractivity contribution is 9.10. The molecule has 2 N–H and O–H groups in total. The van der Waals surface area contributed by atoms with Crippen LogP contribution >= 0.6 is 51.3 Å². The number of rotatable bonds is 4. The first-order valence-electron chi connectivity index (χ1n) is 9.09. The molecule has 0 radical (unpaired) electrons. The van der Waals surface area contributed by atoms with Gasteiger partial charge in [0.2, 0.25) is 0 Å². The predicted octanol–water partition coefficient (Wildman–Crippen LogP) is 6.61. The van der Waals surface area contributed by atoms with Gasteiger partial charge in [-0.2, -0.15) is 0 Å². The van der Waals surface area contributed by atoms with Crippen LogP contribution in [0.2, 0.25) is 10.0 Å². The van der Waals surface area contributed by atoms with Gasteiger partial charge in [0.1, 0.15) is 5.52 Å². The number of nitrogens with one attached hydrogen (secondary N) is 2. The number of carbonyl (C=O) groups excluding carboxylic acids is 1. The summed E-state index contributed by atoms with van der Waals surface area (Å²) in [6.45, 7) is 0. The van der Waals surface area contributed by atoms with Crippen molar-refractivity contribution in [2.45, 2.75) is 6.42 Å². The molecule has 1 amide bonds. The van der Waals surface area contributed by atoms with Crippen molar-refractivity contribution in [3.8, 4) is 0 Å². The van der Waals surface area contributed by atoms with Gasteiger partial charge in [-0.25, -0.2) is 4.98 Å². The maximum absolute atomic E-state index is 12.4. The summed E-state index contributed by atoms with van der Waals surface area (Å²) in [4.78, 5) is 17.0. The zero-order chi connectivity index (χ0) is 22.0. The molecule has 0 aliphatic carbocycles. The van der Waals surface area contributed by atoms with Crippen molar-refractivity contribution in [2.75, 3.05) is 5.32 Å². The quantitative estimate of drug-likeness (QED) is 0.288. The van der Waals surface area contributed by atoms with E-state index in [1.807, 2.05) is 24.3 Å². The Kier molecular flexibility index (Phi) is 6.57. The van der Waals surface area contributed by atoms with E-state index in [1.165, 1.54) is 0 Å². The molecule has 1 heterocycles. The van der Waals surface area contributed by atoms with Crippen molar-refractivity contribution in [3.05, 3.63) is 92.2 Å². The summed E-state index contributed by atoms with van der Waals surface area (Å²) in [6, 6.07) is 17.9. The van der Waals surface area contributed by atoms with E-state index in [1.54, 1.807) is 36.4 Å². The predicted molar refractivity (Wildman–Crippen MR) is 131 cm³/mol. The Hall–Kier alpha value is -2.45. The Morgan fingerprint density at radius 3 is 2.61 bits per heavy atom. The van der Waals surface area contributed by atoms with Crippen LogP contribution in [-0.2, 0) is 6.42 Å². The summed E-state index contributed by atoms with van der Waals surface area (Å²) in [5.41, 5.74) is 3.37. The molecule has 4 aromatic rings. The first-order chi connectivity index (χ1) is 14.9. The van der Waals surface area contributed by atoms with Gasteiger partial charge in [-0.3, -0.25) is 10.1 Å². The Bertz CT molecular complexity index is 1290.